The molecular weight excluding hydrogens is 320 g/mol. The molecule has 2 fully saturated rings. The highest BCUT2D eigenvalue weighted by atomic mass is 16.5. The number of furan rings is 1. The number of amides is 1. The van der Waals surface area contributed by atoms with Crippen molar-refractivity contribution in [2.75, 3.05) is 46.5 Å². The van der Waals surface area contributed by atoms with Gasteiger partial charge in [-0.15, -0.1) is 0 Å². The van der Waals surface area contributed by atoms with Crippen molar-refractivity contribution in [3.05, 3.63) is 29.5 Å². The third-order valence-corrected chi connectivity index (χ3v) is 5.06. The molecule has 4 rings (SSSR count). The average molecular weight is 344 g/mol. The summed E-state index contributed by atoms with van der Waals surface area (Å²) in [5, 5.41) is 0.966. The molecule has 0 spiro atoms. The van der Waals surface area contributed by atoms with Gasteiger partial charge in [0.2, 0.25) is 0 Å². The summed E-state index contributed by atoms with van der Waals surface area (Å²) in [7, 11) is 1.63. The van der Waals surface area contributed by atoms with E-state index in [1.165, 1.54) is 0 Å². The van der Waals surface area contributed by atoms with Crippen molar-refractivity contribution in [2.45, 2.75) is 19.4 Å². The molecule has 134 valence electrons. The Labute approximate surface area is 147 Å². The number of rotatable bonds is 4. The van der Waals surface area contributed by atoms with Crippen LogP contribution in [0.15, 0.2) is 22.6 Å². The lowest BCUT2D eigenvalue weighted by atomic mass is 10.1. The monoisotopic (exact) mass is 344 g/mol. The molecule has 0 saturated carbocycles. The second-order valence-electron chi connectivity index (χ2n) is 6.67. The maximum atomic E-state index is 12.7. The molecule has 6 nitrogen and oxygen atoms in total. The van der Waals surface area contributed by atoms with Gasteiger partial charge in [0, 0.05) is 38.1 Å². The number of fused-ring (bicyclic) bond motifs is 1. The van der Waals surface area contributed by atoms with Crippen molar-refractivity contribution < 1.29 is 18.7 Å². The van der Waals surface area contributed by atoms with Gasteiger partial charge in [-0.25, -0.2) is 0 Å². The molecule has 6 heteroatoms. The highest BCUT2D eigenvalue weighted by Gasteiger charge is 2.24. The summed E-state index contributed by atoms with van der Waals surface area (Å²) in [6.07, 6.45) is 2.13. The number of likely N-dealkylation sites (tertiary alicyclic amines) is 1. The van der Waals surface area contributed by atoms with E-state index in [4.69, 9.17) is 13.9 Å². The zero-order chi connectivity index (χ0) is 17.2. The first-order chi connectivity index (χ1) is 12.3. The summed E-state index contributed by atoms with van der Waals surface area (Å²) in [5.74, 6) is 1.05. The summed E-state index contributed by atoms with van der Waals surface area (Å²) in [6.45, 7) is 5.82. The van der Waals surface area contributed by atoms with E-state index in [9.17, 15) is 4.79 Å². The van der Waals surface area contributed by atoms with Gasteiger partial charge in [0.05, 0.1) is 20.3 Å². The second kappa shape index (κ2) is 7.06. The normalized spacial score (nSPS) is 18.8. The van der Waals surface area contributed by atoms with Gasteiger partial charge >= 0.3 is 0 Å². The molecule has 1 aromatic heterocycles. The van der Waals surface area contributed by atoms with E-state index in [1.54, 1.807) is 7.11 Å². The summed E-state index contributed by atoms with van der Waals surface area (Å²) in [5.41, 5.74) is 1.82. The van der Waals surface area contributed by atoms with E-state index < -0.39 is 0 Å². The Hall–Kier alpha value is -2.05. The van der Waals surface area contributed by atoms with Crippen molar-refractivity contribution in [1.82, 2.24) is 9.80 Å². The Bertz CT molecular complexity index is 758. The van der Waals surface area contributed by atoms with Crippen LogP contribution in [0.25, 0.3) is 11.0 Å². The number of benzene rings is 1. The number of hydrogen-bond acceptors (Lipinski definition) is 5. The highest BCUT2D eigenvalue weighted by molar-refractivity contribution is 5.98. The molecule has 1 aromatic carbocycles. The Morgan fingerprint density at radius 3 is 2.64 bits per heavy atom. The minimum Gasteiger partial charge on any atom is -0.493 e. The van der Waals surface area contributed by atoms with Crippen molar-refractivity contribution in [2.24, 2.45) is 0 Å². The molecule has 2 saturated heterocycles. The molecule has 3 heterocycles. The van der Waals surface area contributed by atoms with Crippen molar-refractivity contribution in [3.63, 3.8) is 0 Å². The van der Waals surface area contributed by atoms with E-state index in [2.05, 4.69) is 11.0 Å². The summed E-state index contributed by atoms with van der Waals surface area (Å²) in [4.78, 5) is 16.9. The van der Waals surface area contributed by atoms with Crippen LogP contribution in [0.3, 0.4) is 0 Å². The van der Waals surface area contributed by atoms with Gasteiger partial charge in [0.25, 0.3) is 5.91 Å². The van der Waals surface area contributed by atoms with Crippen LogP contribution in [-0.4, -0.2) is 62.2 Å². The maximum absolute atomic E-state index is 12.7. The molecule has 2 aliphatic rings. The Balaban J connectivity index is 1.67. The predicted molar refractivity (Wildman–Crippen MR) is 94.0 cm³/mol. The fourth-order valence-electron chi connectivity index (χ4n) is 3.63. The zero-order valence-corrected chi connectivity index (χ0v) is 14.6. The van der Waals surface area contributed by atoms with Gasteiger partial charge < -0.3 is 18.8 Å². The van der Waals surface area contributed by atoms with Crippen LogP contribution < -0.4 is 4.74 Å². The first-order valence-electron chi connectivity index (χ1n) is 8.95. The third kappa shape index (κ3) is 3.24. The molecule has 2 aliphatic heterocycles. The second-order valence-corrected chi connectivity index (χ2v) is 6.67. The predicted octanol–water partition coefficient (Wildman–Crippen LogP) is 2.51. The van der Waals surface area contributed by atoms with Gasteiger partial charge in [-0.05, 0) is 30.5 Å². The quantitative estimate of drug-likeness (QED) is 0.853. The molecular formula is C19H24N2O4. The maximum Gasteiger partial charge on any atom is 0.289 e. The third-order valence-electron chi connectivity index (χ3n) is 5.06. The smallest absolute Gasteiger partial charge is 0.289 e. The van der Waals surface area contributed by atoms with E-state index in [0.717, 1.165) is 69.7 Å². The molecule has 0 atom stereocenters. The summed E-state index contributed by atoms with van der Waals surface area (Å²) >= 11 is 0. The molecule has 0 radical (unpaired) electrons. The summed E-state index contributed by atoms with van der Waals surface area (Å²) < 4.78 is 16.8. The lowest BCUT2D eigenvalue weighted by Crippen LogP contribution is -2.35. The topological polar surface area (TPSA) is 55.2 Å². The number of hydrogen-bond donors (Lipinski definition) is 0. The van der Waals surface area contributed by atoms with Gasteiger partial charge in [-0.3, -0.25) is 9.69 Å². The molecule has 0 aliphatic carbocycles. The van der Waals surface area contributed by atoms with Crippen LogP contribution in [0.5, 0.6) is 5.75 Å². The number of morpholine rings is 1. The van der Waals surface area contributed by atoms with Gasteiger partial charge in [-0.2, -0.15) is 0 Å². The first kappa shape index (κ1) is 16.4. The highest BCUT2D eigenvalue weighted by Crippen LogP contribution is 2.33. The zero-order valence-electron chi connectivity index (χ0n) is 14.6. The Kier molecular flexibility index (Phi) is 4.63. The van der Waals surface area contributed by atoms with Crippen LogP contribution in [-0.2, 0) is 11.3 Å². The van der Waals surface area contributed by atoms with Crippen LogP contribution >= 0.6 is 0 Å². The van der Waals surface area contributed by atoms with Crippen LogP contribution in [0, 0.1) is 0 Å². The number of ether oxygens (including phenoxy) is 2. The van der Waals surface area contributed by atoms with Crippen LogP contribution in [0.1, 0.15) is 29.0 Å². The first-order valence-corrected chi connectivity index (χ1v) is 8.95. The number of carbonyl (C=O) groups excluding carboxylic acids is 1. The van der Waals surface area contributed by atoms with Crippen LogP contribution in [0.2, 0.25) is 0 Å². The van der Waals surface area contributed by atoms with Crippen molar-refractivity contribution in [3.8, 4) is 5.75 Å². The van der Waals surface area contributed by atoms with Gasteiger partial charge in [-0.1, -0.05) is 6.07 Å². The van der Waals surface area contributed by atoms with E-state index in [0.29, 0.717) is 17.1 Å². The lowest BCUT2D eigenvalue weighted by molar-refractivity contribution is 0.0343. The van der Waals surface area contributed by atoms with E-state index in [1.807, 2.05) is 17.0 Å². The van der Waals surface area contributed by atoms with E-state index >= 15 is 0 Å². The largest absolute Gasteiger partial charge is 0.493 e. The van der Waals surface area contributed by atoms with Crippen LogP contribution in [0.4, 0.5) is 0 Å². The average Bonchev–Trinajstić information content (AvgIpc) is 3.32. The van der Waals surface area contributed by atoms with Gasteiger partial charge in [0.15, 0.2) is 17.1 Å². The SMILES string of the molecule is COc1ccc(CN2CCOCC2)c2cc(C(=O)N3CCCC3)oc12. The molecule has 0 N–H and O–H groups in total. The van der Waals surface area contributed by atoms with E-state index in [-0.39, 0.29) is 5.91 Å². The minimum absolute atomic E-state index is 0.0203. The minimum atomic E-state index is -0.0203. The Morgan fingerprint density at radius 1 is 1.16 bits per heavy atom. The molecule has 2 aromatic rings. The van der Waals surface area contributed by atoms with Crippen molar-refractivity contribution in [1.29, 1.82) is 0 Å². The number of carbonyl (C=O) groups is 1. The fourth-order valence-corrected chi connectivity index (χ4v) is 3.63. The Morgan fingerprint density at radius 2 is 1.92 bits per heavy atom. The molecule has 25 heavy (non-hydrogen) atoms. The molecule has 1 amide bonds. The lowest BCUT2D eigenvalue weighted by Gasteiger charge is -2.26. The number of nitrogens with zero attached hydrogens (tertiary/aromatic N) is 2. The number of methoxy groups -OCH3 is 1. The van der Waals surface area contributed by atoms with Crippen molar-refractivity contribution >= 4 is 16.9 Å². The standard InChI is InChI=1S/C19H24N2O4/c1-23-16-5-4-14(13-20-8-10-24-11-9-20)15-12-17(25-18(15)16)19(22)21-6-2-3-7-21/h4-5,12H,2-3,6-11,13H2,1H3. The van der Waals surface area contributed by atoms with Gasteiger partial charge in [0.1, 0.15) is 0 Å². The molecule has 0 unspecified atom stereocenters. The summed E-state index contributed by atoms with van der Waals surface area (Å²) in [6, 6.07) is 5.87. The fraction of sp³-hybridized carbons (Fsp3) is 0.526. The molecule has 0 bridgehead atoms.